The Balaban J connectivity index is 2.23. The highest BCUT2D eigenvalue weighted by atomic mass is 16.1. The maximum atomic E-state index is 12.2. The van der Waals surface area contributed by atoms with Gasteiger partial charge in [-0.05, 0) is 56.3 Å². The van der Waals surface area contributed by atoms with Crippen LogP contribution >= 0.6 is 0 Å². The molecule has 1 aliphatic rings. The molecule has 0 aromatic heterocycles. The van der Waals surface area contributed by atoms with Crippen molar-refractivity contribution >= 4 is 5.78 Å². The molecular weight excluding hydrogens is 258 g/mol. The molecule has 0 spiro atoms. The Bertz CT molecular complexity index is 474. The highest BCUT2D eigenvalue weighted by Crippen LogP contribution is 2.28. The second kappa shape index (κ2) is 7.74. The maximum Gasteiger partial charge on any atom is 0.162 e. The lowest BCUT2D eigenvalue weighted by Crippen LogP contribution is -2.40. The van der Waals surface area contributed by atoms with Crippen LogP contribution in [0.1, 0.15) is 67.9 Å². The van der Waals surface area contributed by atoms with Crippen LogP contribution in [0, 0.1) is 0 Å². The Morgan fingerprint density at radius 1 is 1.19 bits per heavy atom. The van der Waals surface area contributed by atoms with E-state index in [-0.39, 0.29) is 0 Å². The smallest absolute Gasteiger partial charge is 0.162 e. The van der Waals surface area contributed by atoms with Gasteiger partial charge in [-0.25, -0.2) is 0 Å². The number of rotatable bonds is 7. The molecule has 1 aliphatic carbocycles. The average molecular weight is 287 g/mol. The molecule has 2 heteroatoms. The van der Waals surface area contributed by atoms with E-state index in [1.807, 2.05) is 13.0 Å². The van der Waals surface area contributed by atoms with Crippen molar-refractivity contribution in [2.45, 2.75) is 65.3 Å². The molecule has 0 bridgehead atoms. The molecule has 116 valence electrons. The number of ketones is 1. The molecule has 0 saturated heterocycles. The summed E-state index contributed by atoms with van der Waals surface area (Å²) in [4.78, 5) is 14.8. The van der Waals surface area contributed by atoms with Gasteiger partial charge in [-0.2, -0.15) is 0 Å². The van der Waals surface area contributed by atoms with Gasteiger partial charge in [0.05, 0.1) is 0 Å². The second-order valence-corrected chi connectivity index (χ2v) is 6.15. The van der Waals surface area contributed by atoms with Crippen molar-refractivity contribution in [1.29, 1.82) is 0 Å². The van der Waals surface area contributed by atoms with Crippen molar-refractivity contribution in [3.05, 3.63) is 34.9 Å². The number of Topliss-reactive ketones (excluding diaryl/α,β-unsaturated/α-hetero) is 1. The third-order valence-electron chi connectivity index (χ3n) is 4.62. The molecule has 1 aromatic carbocycles. The molecule has 0 heterocycles. The van der Waals surface area contributed by atoms with E-state index in [0.717, 1.165) is 18.4 Å². The molecule has 0 aliphatic heterocycles. The van der Waals surface area contributed by atoms with E-state index < -0.39 is 0 Å². The first-order chi connectivity index (χ1) is 10.2. The summed E-state index contributed by atoms with van der Waals surface area (Å²) < 4.78 is 0. The fraction of sp³-hybridized carbons (Fsp3) is 0.632. The summed E-state index contributed by atoms with van der Waals surface area (Å²) in [5, 5.41) is 0. The predicted octanol–water partition coefficient (Wildman–Crippen LogP) is 4.26. The molecule has 1 unspecified atom stereocenters. The number of carbonyl (C=O) groups excluding carboxylic acids is 1. The Labute approximate surface area is 129 Å². The van der Waals surface area contributed by atoms with E-state index in [0.29, 0.717) is 18.2 Å². The van der Waals surface area contributed by atoms with Gasteiger partial charge >= 0.3 is 0 Å². The van der Waals surface area contributed by atoms with Crippen LogP contribution in [-0.2, 0) is 12.8 Å². The van der Waals surface area contributed by atoms with Gasteiger partial charge in [0, 0.05) is 18.0 Å². The van der Waals surface area contributed by atoms with Crippen LogP contribution in [-0.4, -0.2) is 29.8 Å². The van der Waals surface area contributed by atoms with E-state index in [1.165, 1.54) is 43.5 Å². The number of benzene rings is 1. The fourth-order valence-electron chi connectivity index (χ4n) is 3.58. The van der Waals surface area contributed by atoms with Crippen molar-refractivity contribution in [3.8, 4) is 0 Å². The summed E-state index contributed by atoms with van der Waals surface area (Å²) in [5.74, 6) is 0.296. The van der Waals surface area contributed by atoms with Crippen molar-refractivity contribution in [1.82, 2.24) is 4.90 Å². The zero-order valence-electron chi connectivity index (χ0n) is 13.8. The summed E-state index contributed by atoms with van der Waals surface area (Å²) in [6, 6.07) is 6.90. The van der Waals surface area contributed by atoms with Crippen LogP contribution in [0.2, 0.25) is 0 Å². The molecule has 1 aromatic rings. The van der Waals surface area contributed by atoms with E-state index >= 15 is 0 Å². The van der Waals surface area contributed by atoms with Crippen molar-refractivity contribution in [2.24, 2.45) is 0 Å². The van der Waals surface area contributed by atoms with Gasteiger partial charge in [0.15, 0.2) is 5.78 Å². The molecule has 0 N–H and O–H groups in total. The molecule has 0 amide bonds. The summed E-state index contributed by atoms with van der Waals surface area (Å²) in [7, 11) is 0. The molecule has 0 fully saturated rings. The average Bonchev–Trinajstić information content (AvgIpc) is 2.53. The van der Waals surface area contributed by atoms with Crippen molar-refractivity contribution in [2.75, 3.05) is 13.1 Å². The quantitative estimate of drug-likeness (QED) is 0.698. The number of nitrogens with zero attached hydrogens (tertiary/aromatic N) is 1. The van der Waals surface area contributed by atoms with Gasteiger partial charge < -0.3 is 4.90 Å². The van der Waals surface area contributed by atoms with Crippen LogP contribution < -0.4 is 0 Å². The van der Waals surface area contributed by atoms with Gasteiger partial charge in [-0.1, -0.05) is 39.0 Å². The number of aryl methyl sites for hydroxylation is 1. The van der Waals surface area contributed by atoms with Crippen LogP contribution in [0.3, 0.4) is 0 Å². The Morgan fingerprint density at radius 2 is 1.90 bits per heavy atom. The second-order valence-electron chi connectivity index (χ2n) is 6.15. The summed E-state index contributed by atoms with van der Waals surface area (Å²) in [6.45, 7) is 8.83. The highest BCUT2D eigenvalue weighted by Gasteiger charge is 2.26. The number of carbonyl (C=O) groups is 1. The minimum Gasteiger partial charge on any atom is -0.300 e. The molecule has 0 saturated carbocycles. The van der Waals surface area contributed by atoms with Gasteiger partial charge in [0.25, 0.3) is 0 Å². The van der Waals surface area contributed by atoms with Crippen molar-refractivity contribution < 1.29 is 4.79 Å². The normalized spacial score (nSPS) is 17.8. The summed E-state index contributed by atoms with van der Waals surface area (Å²) in [6.07, 6.45) is 6.43. The topological polar surface area (TPSA) is 20.3 Å². The van der Waals surface area contributed by atoms with E-state index in [1.54, 1.807) is 0 Å². The lowest BCUT2D eigenvalue weighted by molar-refractivity contribution is 0.0985. The standard InChI is InChI=1S/C19H29NO/c1-4-12-20(13-5-2)16-11-10-15-8-7-9-17(18(15)14-16)19(21)6-3/h7-9,16H,4-6,10-14H2,1-3H3. The maximum absolute atomic E-state index is 12.2. The monoisotopic (exact) mass is 287 g/mol. The zero-order valence-corrected chi connectivity index (χ0v) is 13.8. The zero-order chi connectivity index (χ0) is 15.2. The van der Waals surface area contributed by atoms with Gasteiger partial charge in [-0.15, -0.1) is 0 Å². The first-order valence-corrected chi connectivity index (χ1v) is 8.59. The minimum absolute atomic E-state index is 0.296. The third kappa shape index (κ3) is 3.74. The lowest BCUT2D eigenvalue weighted by atomic mass is 9.83. The molecule has 0 radical (unpaired) electrons. The number of fused-ring (bicyclic) bond motifs is 1. The van der Waals surface area contributed by atoms with Crippen LogP contribution in [0.5, 0.6) is 0 Å². The Hall–Kier alpha value is -1.15. The molecule has 1 atom stereocenters. The molecule has 2 rings (SSSR count). The van der Waals surface area contributed by atoms with Gasteiger partial charge in [-0.3, -0.25) is 4.79 Å². The molecule has 2 nitrogen and oxygen atoms in total. The fourth-order valence-corrected chi connectivity index (χ4v) is 3.58. The lowest BCUT2D eigenvalue weighted by Gasteiger charge is -2.35. The summed E-state index contributed by atoms with van der Waals surface area (Å²) in [5.41, 5.74) is 3.71. The largest absolute Gasteiger partial charge is 0.300 e. The first-order valence-electron chi connectivity index (χ1n) is 8.59. The van der Waals surface area contributed by atoms with E-state index in [2.05, 4.69) is 30.9 Å². The third-order valence-corrected chi connectivity index (χ3v) is 4.62. The Kier molecular flexibility index (Phi) is 5.98. The molecular formula is C19H29NO. The highest BCUT2D eigenvalue weighted by molar-refractivity contribution is 5.97. The molecule has 21 heavy (non-hydrogen) atoms. The number of hydrogen-bond donors (Lipinski definition) is 0. The first kappa shape index (κ1) is 16.2. The van der Waals surface area contributed by atoms with E-state index in [4.69, 9.17) is 0 Å². The van der Waals surface area contributed by atoms with Crippen molar-refractivity contribution in [3.63, 3.8) is 0 Å². The summed E-state index contributed by atoms with van der Waals surface area (Å²) >= 11 is 0. The number of hydrogen-bond acceptors (Lipinski definition) is 2. The predicted molar refractivity (Wildman–Crippen MR) is 89.0 cm³/mol. The van der Waals surface area contributed by atoms with Crippen LogP contribution in [0.4, 0.5) is 0 Å². The Morgan fingerprint density at radius 3 is 2.52 bits per heavy atom. The van der Waals surface area contributed by atoms with Gasteiger partial charge in [0.1, 0.15) is 0 Å². The van der Waals surface area contributed by atoms with Gasteiger partial charge in [0.2, 0.25) is 0 Å². The minimum atomic E-state index is 0.296. The van der Waals surface area contributed by atoms with Crippen LogP contribution in [0.25, 0.3) is 0 Å². The SMILES string of the molecule is CCCN(CCC)C1CCc2cccc(C(=O)CC)c2C1. The van der Waals surface area contributed by atoms with Crippen LogP contribution in [0.15, 0.2) is 18.2 Å². The van der Waals surface area contributed by atoms with E-state index in [9.17, 15) is 4.79 Å².